The Bertz CT molecular complexity index is 549. The van der Waals surface area contributed by atoms with E-state index >= 15 is 0 Å². The van der Waals surface area contributed by atoms with Gasteiger partial charge in [0, 0.05) is 21.7 Å². The molecular weight excluding hydrogens is 210 g/mol. The first kappa shape index (κ1) is 9.93. The summed E-state index contributed by atoms with van der Waals surface area (Å²) in [6.07, 6.45) is 0. The molecule has 4 heteroatoms. The average molecular weight is 220 g/mol. The number of nitrogen functional groups attached to an aromatic ring is 1. The monoisotopic (exact) mass is 219 g/mol. The lowest BCUT2D eigenvalue weighted by Gasteiger charge is -2.05. The van der Waals surface area contributed by atoms with Gasteiger partial charge in [0.05, 0.1) is 5.52 Å². The smallest absolute Gasteiger partial charge is 0.125 e. The molecule has 2 aromatic rings. The summed E-state index contributed by atoms with van der Waals surface area (Å²) in [5.74, 6) is -0.0133. The van der Waals surface area contributed by atoms with Crippen LogP contribution in [-0.2, 0) is 0 Å². The molecule has 1 aromatic heterocycles. The highest BCUT2D eigenvalue weighted by Crippen LogP contribution is 2.22. The third-order valence-electron chi connectivity index (χ3n) is 2.19. The lowest BCUT2D eigenvalue weighted by molar-refractivity contribution is 1.25. The standard InChI is InChI=1S/C11H10ClN3/c1-6-2-3-7-4-8(12)5-9(11(13)14)10(7)15-6/h2-5H,1H3,(H3,13,14). The molecule has 0 saturated heterocycles. The third kappa shape index (κ3) is 1.78. The van der Waals surface area contributed by atoms with Gasteiger partial charge in [0.2, 0.25) is 0 Å². The largest absolute Gasteiger partial charge is 0.384 e. The summed E-state index contributed by atoms with van der Waals surface area (Å²) in [5.41, 5.74) is 7.69. The number of benzene rings is 1. The van der Waals surface area contributed by atoms with E-state index in [2.05, 4.69) is 4.98 Å². The number of nitrogens with zero attached hydrogens (tertiary/aromatic N) is 1. The van der Waals surface area contributed by atoms with Gasteiger partial charge < -0.3 is 5.73 Å². The van der Waals surface area contributed by atoms with Gasteiger partial charge >= 0.3 is 0 Å². The average Bonchev–Trinajstić information content (AvgIpc) is 2.17. The fourth-order valence-corrected chi connectivity index (χ4v) is 1.73. The number of aromatic nitrogens is 1. The van der Waals surface area contributed by atoms with E-state index < -0.39 is 0 Å². The van der Waals surface area contributed by atoms with Crippen molar-refractivity contribution in [2.75, 3.05) is 0 Å². The molecule has 0 saturated carbocycles. The first-order valence-electron chi connectivity index (χ1n) is 4.49. The van der Waals surface area contributed by atoms with Gasteiger partial charge in [-0.3, -0.25) is 10.4 Å². The van der Waals surface area contributed by atoms with Crippen LogP contribution in [0.3, 0.4) is 0 Å². The highest BCUT2D eigenvalue weighted by Gasteiger charge is 2.07. The van der Waals surface area contributed by atoms with Crippen molar-refractivity contribution in [3.63, 3.8) is 0 Å². The van der Waals surface area contributed by atoms with Crippen LogP contribution in [-0.4, -0.2) is 10.8 Å². The predicted octanol–water partition coefficient (Wildman–Crippen LogP) is 2.48. The second-order valence-electron chi connectivity index (χ2n) is 3.39. The van der Waals surface area contributed by atoms with E-state index in [1.165, 1.54) is 0 Å². The number of halogens is 1. The van der Waals surface area contributed by atoms with Crippen LogP contribution in [0, 0.1) is 12.3 Å². The van der Waals surface area contributed by atoms with Crippen LogP contribution >= 0.6 is 11.6 Å². The number of pyridine rings is 1. The van der Waals surface area contributed by atoms with Gasteiger partial charge in [0.1, 0.15) is 5.84 Å². The zero-order valence-electron chi connectivity index (χ0n) is 8.21. The van der Waals surface area contributed by atoms with E-state index in [0.29, 0.717) is 10.6 Å². The van der Waals surface area contributed by atoms with E-state index in [0.717, 1.165) is 16.6 Å². The fourth-order valence-electron chi connectivity index (χ4n) is 1.50. The Morgan fingerprint density at radius 2 is 2.13 bits per heavy atom. The Hall–Kier alpha value is -1.61. The number of hydrogen-bond donors (Lipinski definition) is 2. The molecule has 15 heavy (non-hydrogen) atoms. The van der Waals surface area contributed by atoms with Crippen LogP contribution in [0.4, 0.5) is 0 Å². The Morgan fingerprint density at radius 3 is 2.80 bits per heavy atom. The number of aryl methyl sites for hydroxylation is 1. The first-order chi connectivity index (χ1) is 7.08. The first-order valence-corrected chi connectivity index (χ1v) is 4.87. The van der Waals surface area contributed by atoms with Gasteiger partial charge in [-0.25, -0.2) is 0 Å². The maximum absolute atomic E-state index is 7.46. The SMILES string of the molecule is Cc1ccc2cc(Cl)cc(C(=N)N)c2n1. The van der Waals surface area contributed by atoms with Crippen LogP contribution in [0.1, 0.15) is 11.3 Å². The van der Waals surface area contributed by atoms with Gasteiger partial charge in [-0.05, 0) is 25.1 Å². The van der Waals surface area contributed by atoms with Crippen LogP contribution in [0.25, 0.3) is 10.9 Å². The van der Waals surface area contributed by atoms with Crippen molar-refractivity contribution in [3.05, 3.63) is 40.5 Å². The van der Waals surface area contributed by atoms with Gasteiger partial charge in [0.15, 0.2) is 0 Å². The maximum atomic E-state index is 7.46. The second-order valence-corrected chi connectivity index (χ2v) is 3.83. The van der Waals surface area contributed by atoms with Gasteiger partial charge in [0.25, 0.3) is 0 Å². The van der Waals surface area contributed by atoms with Gasteiger partial charge in [-0.1, -0.05) is 17.7 Å². The molecule has 0 bridgehead atoms. The number of fused-ring (bicyclic) bond motifs is 1. The molecule has 2 rings (SSSR count). The lowest BCUT2D eigenvalue weighted by atomic mass is 10.1. The van der Waals surface area contributed by atoms with E-state index in [9.17, 15) is 0 Å². The highest BCUT2D eigenvalue weighted by atomic mass is 35.5. The second kappa shape index (κ2) is 3.51. The molecule has 0 spiro atoms. The maximum Gasteiger partial charge on any atom is 0.125 e. The number of amidine groups is 1. The Kier molecular flexibility index (Phi) is 2.32. The summed E-state index contributed by atoms with van der Waals surface area (Å²) in [6.45, 7) is 1.90. The van der Waals surface area contributed by atoms with E-state index in [4.69, 9.17) is 22.7 Å². The summed E-state index contributed by atoms with van der Waals surface area (Å²) in [4.78, 5) is 4.36. The molecule has 0 aliphatic heterocycles. The van der Waals surface area contributed by atoms with Crippen molar-refractivity contribution in [1.82, 2.24) is 4.98 Å². The summed E-state index contributed by atoms with van der Waals surface area (Å²) in [6, 6.07) is 7.31. The van der Waals surface area contributed by atoms with E-state index in [-0.39, 0.29) is 5.84 Å². The summed E-state index contributed by atoms with van der Waals surface area (Å²) < 4.78 is 0. The van der Waals surface area contributed by atoms with Crippen LogP contribution < -0.4 is 5.73 Å². The van der Waals surface area contributed by atoms with E-state index in [1.54, 1.807) is 6.07 Å². The zero-order chi connectivity index (χ0) is 11.0. The van der Waals surface area contributed by atoms with Crippen molar-refractivity contribution in [2.45, 2.75) is 6.92 Å². The molecule has 0 unspecified atom stereocenters. The van der Waals surface area contributed by atoms with Crippen molar-refractivity contribution in [2.24, 2.45) is 5.73 Å². The number of rotatable bonds is 1. The minimum Gasteiger partial charge on any atom is -0.384 e. The third-order valence-corrected chi connectivity index (χ3v) is 2.40. The predicted molar refractivity (Wildman–Crippen MR) is 62.5 cm³/mol. The zero-order valence-corrected chi connectivity index (χ0v) is 8.97. The molecule has 0 radical (unpaired) electrons. The summed E-state index contributed by atoms with van der Waals surface area (Å²) in [7, 11) is 0. The fraction of sp³-hybridized carbons (Fsp3) is 0.0909. The van der Waals surface area contributed by atoms with Crippen molar-refractivity contribution in [3.8, 4) is 0 Å². The summed E-state index contributed by atoms with van der Waals surface area (Å²) in [5, 5.41) is 8.93. The van der Waals surface area contributed by atoms with Crippen LogP contribution in [0.15, 0.2) is 24.3 Å². The minimum atomic E-state index is -0.0133. The molecule has 0 atom stereocenters. The quantitative estimate of drug-likeness (QED) is 0.572. The normalized spacial score (nSPS) is 10.5. The van der Waals surface area contributed by atoms with Crippen molar-refractivity contribution in [1.29, 1.82) is 5.41 Å². The number of hydrogen-bond acceptors (Lipinski definition) is 2. The molecule has 0 fully saturated rings. The Balaban J connectivity index is 2.87. The Labute approximate surface area is 92.4 Å². The molecule has 0 amide bonds. The molecule has 1 heterocycles. The van der Waals surface area contributed by atoms with Crippen molar-refractivity contribution >= 4 is 28.3 Å². The lowest BCUT2D eigenvalue weighted by Crippen LogP contribution is -2.12. The highest BCUT2D eigenvalue weighted by molar-refractivity contribution is 6.32. The van der Waals surface area contributed by atoms with Gasteiger partial charge in [-0.2, -0.15) is 0 Å². The number of nitrogens with two attached hydrogens (primary N) is 1. The Morgan fingerprint density at radius 1 is 1.40 bits per heavy atom. The van der Waals surface area contributed by atoms with E-state index in [1.807, 2.05) is 25.1 Å². The van der Waals surface area contributed by atoms with Gasteiger partial charge in [-0.15, -0.1) is 0 Å². The molecular formula is C11H10ClN3. The molecule has 1 aromatic carbocycles. The van der Waals surface area contributed by atoms with Crippen molar-refractivity contribution < 1.29 is 0 Å². The molecule has 0 aliphatic carbocycles. The molecule has 3 N–H and O–H groups in total. The minimum absolute atomic E-state index is 0.0133. The molecule has 3 nitrogen and oxygen atoms in total. The van der Waals surface area contributed by atoms with Crippen LogP contribution in [0.2, 0.25) is 5.02 Å². The van der Waals surface area contributed by atoms with Crippen LogP contribution in [0.5, 0.6) is 0 Å². The topological polar surface area (TPSA) is 62.8 Å². The summed E-state index contributed by atoms with van der Waals surface area (Å²) >= 11 is 5.93. The molecule has 76 valence electrons. The molecule has 0 aliphatic rings. The number of nitrogens with one attached hydrogen (secondary N) is 1.